The van der Waals surface area contributed by atoms with E-state index in [1.807, 2.05) is 5.32 Å². The van der Waals surface area contributed by atoms with Crippen molar-refractivity contribution in [2.75, 3.05) is 6.61 Å². The van der Waals surface area contributed by atoms with Gasteiger partial charge < -0.3 is 20.1 Å². The lowest BCUT2D eigenvalue weighted by Crippen LogP contribution is -2.48. The van der Waals surface area contributed by atoms with Crippen molar-refractivity contribution in [3.05, 3.63) is 35.1 Å². The molecule has 0 spiro atoms. The minimum Gasteiger partial charge on any atom is -0.447 e. The van der Waals surface area contributed by atoms with Crippen LogP contribution < -0.4 is 10.6 Å². The summed E-state index contributed by atoms with van der Waals surface area (Å²) in [4.78, 5) is 28.3. The summed E-state index contributed by atoms with van der Waals surface area (Å²) in [5.74, 6) is -0.271. The summed E-state index contributed by atoms with van der Waals surface area (Å²) < 4.78 is 76.5. The van der Waals surface area contributed by atoms with Gasteiger partial charge in [0.2, 0.25) is 0 Å². The van der Waals surface area contributed by atoms with Crippen LogP contribution in [-0.2, 0) is 9.47 Å². The number of alkyl halides is 5. The maximum atomic E-state index is 13.3. The number of amides is 2. The highest BCUT2D eigenvalue weighted by atomic mass is 35.5. The number of nitrogens with zero attached hydrogens (tertiary/aromatic N) is 3. The molecule has 1 unspecified atom stereocenters. The molecule has 2 aromatic rings. The van der Waals surface area contributed by atoms with Crippen LogP contribution in [0.3, 0.4) is 0 Å². The number of benzene rings is 1. The van der Waals surface area contributed by atoms with Crippen molar-refractivity contribution in [3.8, 4) is 11.4 Å². The van der Waals surface area contributed by atoms with Crippen molar-refractivity contribution < 1.29 is 41.0 Å². The molecule has 9 nitrogen and oxygen atoms in total. The summed E-state index contributed by atoms with van der Waals surface area (Å²) in [6.07, 6.45) is -6.56. The zero-order chi connectivity index (χ0) is 26.9. The lowest BCUT2D eigenvalue weighted by Gasteiger charge is -2.25. The molecule has 1 aromatic carbocycles. The maximum Gasteiger partial charge on any atom is 0.411 e. The summed E-state index contributed by atoms with van der Waals surface area (Å²) in [6.45, 7) is 1.19. The van der Waals surface area contributed by atoms with Crippen molar-refractivity contribution in [2.45, 2.75) is 63.5 Å². The van der Waals surface area contributed by atoms with Crippen LogP contribution in [0.2, 0.25) is 5.02 Å². The number of aromatic nitrogens is 3. The van der Waals surface area contributed by atoms with E-state index in [0.717, 1.165) is 6.33 Å². The first kappa shape index (κ1) is 27.4. The van der Waals surface area contributed by atoms with Gasteiger partial charge in [-0.25, -0.2) is 14.6 Å². The maximum absolute atomic E-state index is 13.3. The standard InChI is InChI=1S/C21H23ClF5N5O4/c1-19(2,3)36-17(33)30-14(9-35-18(34)31-20(6-7-20)21(25,26)27)11-4-5-13(22)12(8-11)15-28-10-29-32(15)16(23)24/h4-5,8,10,14,16H,6-7,9H2,1-3H3,(H,30,33)(H,31,34). The second-order valence-corrected chi connectivity index (χ2v) is 9.45. The van der Waals surface area contributed by atoms with Crippen molar-refractivity contribution >= 4 is 23.8 Å². The lowest BCUT2D eigenvalue weighted by molar-refractivity contribution is -0.164. The fraction of sp³-hybridized carbons (Fsp3) is 0.524. The van der Waals surface area contributed by atoms with Crippen LogP contribution >= 0.6 is 11.6 Å². The predicted octanol–water partition coefficient (Wildman–Crippen LogP) is 5.38. The van der Waals surface area contributed by atoms with Crippen molar-refractivity contribution in [1.29, 1.82) is 0 Å². The first-order valence-electron chi connectivity index (χ1n) is 10.6. The number of hydrogen-bond acceptors (Lipinski definition) is 6. The Hall–Kier alpha value is -3.16. The van der Waals surface area contributed by atoms with Crippen LogP contribution in [-0.4, -0.2) is 50.9 Å². The van der Waals surface area contributed by atoms with Crippen LogP contribution in [0.1, 0.15) is 51.8 Å². The number of hydrogen-bond donors (Lipinski definition) is 2. The average molecular weight is 540 g/mol. The van der Waals surface area contributed by atoms with Crippen LogP contribution in [0.4, 0.5) is 31.5 Å². The highest BCUT2D eigenvalue weighted by molar-refractivity contribution is 6.33. The normalized spacial score (nSPS) is 15.8. The van der Waals surface area contributed by atoms with Gasteiger partial charge in [-0.15, -0.1) is 0 Å². The van der Waals surface area contributed by atoms with E-state index >= 15 is 0 Å². The topological polar surface area (TPSA) is 107 Å². The quantitative estimate of drug-likeness (QED) is 0.457. The number of halogens is 6. The van der Waals surface area contributed by atoms with E-state index < -0.39 is 48.7 Å². The number of nitrogens with one attached hydrogen (secondary N) is 2. The fourth-order valence-electron chi connectivity index (χ4n) is 3.18. The molecule has 1 aliphatic carbocycles. The zero-order valence-electron chi connectivity index (χ0n) is 19.3. The number of ether oxygens (including phenoxy) is 2. The van der Waals surface area contributed by atoms with Crippen LogP contribution in [0.15, 0.2) is 24.5 Å². The minimum absolute atomic E-state index is 0.0291. The van der Waals surface area contributed by atoms with Gasteiger partial charge in [-0.2, -0.15) is 31.7 Å². The number of carbonyl (C=O) groups excluding carboxylic acids is 2. The second kappa shape index (κ2) is 10.1. The van der Waals surface area contributed by atoms with Gasteiger partial charge in [-0.1, -0.05) is 17.7 Å². The molecule has 0 bridgehead atoms. The average Bonchev–Trinajstić information content (AvgIpc) is 3.36. The number of carbonyl (C=O) groups is 2. The molecule has 3 rings (SSSR count). The van der Waals surface area contributed by atoms with Crippen molar-refractivity contribution in [3.63, 3.8) is 0 Å². The lowest BCUT2D eigenvalue weighted by atomic mass is 10.0. The van der Waals surface area contributed by atoms with Gasteiger partial charge in [-0.3, -0.25) is 0 Å². The van der Waals surface area contributed by atoms with Gasteiger partial charge >= 0.3 is 24.9 Å². The van der Waals surface area contributed by atoms with E-state index in [9.17, 15) is 31.5 Å². The molecule has 1 atom stereocenters. The minimum atomic E-state index is -4.65. The van der Waals surface area contributed by atoms with Gasteiger partial charge in [0.1, 0.15) is 24.1 Å². The molecule has 1 heterocycles. The third-order valence-corrected chi connectivity index (χ3v) is 5.43. The zero-order valence-corrected chi connectivity index (χ0v) is 20.1. The first-order chi connectivity index (χ1) is 16.6. The monoisotopic (exact) mass is 539 g/mol. The highest BCUT2D eigenvalue weighted by Crippen LogP contribution is 2.49. The molecule has 198 valence electrons. The Labute approximate surface area is 207 Å². The predicted molar refractivity (Wildman–Crippen MR) is 116 cm³/mol. The van der Waals surface area contributed by atoms with E-state index in [1.165, 1.54) is 18.2 Å². The molecule has 1 fully saturated rings. The van der Waals surface area contributed by atoms with Crippen molar-refractivity contribution in [1.82, 2.24) is 25.4 Å². The summed E-state index contributed by atoms with van der Waals surface area (Å²) in [5.41, 5.74) is -2.99. The van der Waals surface area contributed by atoms with Gasteiger partial charge in [0.25, 0.3) is 0 Å². The molecule has 0 radical (unpaired) electrons. The SMILES string of the molecule is CC(C)(C)OC(=O)NC(COC(=O)NC1(C(F)(F)F)CC1)c1ccc(Cl)c(-c2ncnn2C(F)F)c1. The first-order valence-corrected chi connectivity index (χ1v) is 11.0. The number of alkyl carbamates (subject to hydrolysis) is 2. The summed E-state index contributed by atoms with van der Waals surface area (Å²) in [7, 11) is 0. The summed E-state index contributed by atoms with van der Waals surface area (Å²) >= 11 is 6.17. The van der Waals surface area contributed by atoms with Gasteiger partial charge in [0.15, 0.2) is 5.82 Å². The third kappa shape index (κ3) is 6.53. The second-order valence-electron chi connectivity index (χ2n) is 9.05. The van der Waals surface area contributed by atoms with E-state index in [4.69, 9.17) is 21.1 Å². The van der Waals surface area contributed by atoms with Crippen LogP contribution in [0, 0.1) is 0 Å². The largest absolute Gasteiger partial charge is 0.447 e. The molecule has 36 heavy (non-hydrogen) atoms. The van der Waals surface area contributed by atoms with Crippen molar-refractivity contribution in [2.24, 2.45) is 0 Å². The Balaban J connectivity index is 1.85. The van der Waals surface area contributed by atoms with E-state index in [2.05, 4.69) is 15.4 Å². The van der Waals surface area contributed by atoms with Gasteiger partial charge in [0, 0.05) is 5.56 Å². The molecule has 15 heteroatoms. The molecular formula is C21H23ClF5N5O4. The van der Waals surface area contributed by atoms with Gasteiger partial charge in [0.05, 0.1) is 11.1 Å². The van der Waals surface area contributed by atoms with E-state index in [1.54, 1.807) is 20.8 Å². The van der Waals surface area contributed by atoms with Crippen LogP contribution in [0.25, 0.3) is 11.4 Å². The third-order valence-electron chi connectivity index (χ3n) is 5.10. The molecule has 1 saturated carbocycles. The Kier molecular flexibility index (Phi) is 7.67. The highest BCUT2D eigenvalue weighted by Gasteiger charge is 2.64. The van der Waals surface area contributed by atoms with E-state index in [0.29, 0.717) is 4.68 Å². The summed E-state index contributed by atoms with van der Waals surface area (Å²) in [5, 5.41) is 7.76. The molecule has 0 aliphatic heterocycles. The number of rotatable bonds is 7. The molecule has 2 N–H and O–H groups in total. The Bertz CT molecular complexity index is 1110. The van der Waals surface area contributed by atoms with Gasteiger partial charge in [-0.05, 0) is 51.3 Å². The summed E-state index contributed by atoms with van der Waals surface area (Å²) in [6, 6.07) is 2.91. The smallest absolute Gasteiger partial charge is 0.411 e. The Morgan fingerprint density at radius 1 is 1.19 bits per heavy atom. The molecule has 2 amide bonds. The van der Waals surface area contributed by atoms with E-state index in [-0.39, 0.29) is 34.8 Å². The molecule has 0 saturated heterocycles. The Morgan fingerprint density at radius 3 is 2.42 bits per heavy atom. The van der Waals surface area contributed by atoms with Crippen LogP contribution in [0.5, 0.6) is 0 Å². The Morgan fingerprint density at radius 2 is 1.86 bits per heavy atom. The molecule has 1 aromatic heterocycles. The molecular weight excluding hydrogens is 517 g/mol. The molecule has 1 aliphatic rings. The fourth-order valence-corrected chi connectivity index (χ4v) is 3.38.